The Kier molecular flexibility index (Phi) is 6.09. The Bertz CT molecular complexity index is 1020. The van der Waals surface area contributed by atoms with Gasteiger partial charge in [-0.2, -0.15) is 0 Å². The maximum atomic E-state index is 12.8. The lowest BCUT2D eigenvalue weighted by atomic mass is 10.1. The summed E-state index contributed by atoms with van der Waals surface area (Å²) in [5, 5.41) is 3.09. The second-order valence-corrected chi connectivity index (χ2v) is 7.39. The van der Waals surface area contributed by atoms with E-state index in [2.05, 4.69) is 33.2 Å². The van der Waals surface area contributed by atoms with Gasteiger partial charge in [0.15, 0.2) is 0 Å². The number of nitrogens with one attached hydrogen (secondary N) is 1. The molecule has 0 unspecified atom stereocenters. The first-order valence-electron chi connectivity index (χ1n) is 10.3. The lowest BCUT2D eigenvalue weighted by molar-refractivity contribution is -0.116. The fourth-order valence-electron chi connectivity index (χ4n) is 3.76. The van der Waals surface area contributed by atoms with Crippen molar-refractivity contribution in [2.45, 2.75) is 26.8 Å². The molecule has 156 valence electrons. The first-order valence-corrected chi connectivity index (χ1v) is 10.3. The third kappa shape index (κ3) is 4.36. The number of anilines is 2. The van der Waals surface area contributed by atoms with Crippen molar-refractivity contribution in [3.63, 3.8) is 0 Å². The van der Waals surface area contributed by atoms with Crippen LogP contribution in [0, 0.1) is 6.92 Å². The van der Waals surface area contributed by atoms with Crippen LogP contribution in [0.3, 0.4) is 0 Å². The van der Waals surface area contributed by atoms with E-state index in [1.165, 1.54) is 0 Å². The van der Waals surface area contributed by atoms with Crippen molar-refractivity contribution in [2.75, 3.05) is 36.5 Å². The van der Waals surface area contributed by atoms with Crippen LogP contribution in [0.2, 0.25) is 0 Å². The number of hydrogen-bond donors (Lipinski definition) is 1. The van der Waals surface area contributed by atoms with Crippen LogP contribution >= 0.6 is 0 Å². The van der Waals surface area contributed by atoms with Crippen molar-refractivity contribution in [1.29, 1.82) is 0 Å². The van der Waals surface area contributed by atoms with Crippen molar-refractivity contribution in [2.24, 2.45) is 0 Å². The highest BCUT2D eigenvalue weighted by atomic mass is 16.5. The van der Waals surface area contributed by atoms with Gasteiger partial charge in [-0.3, -0.25) is 4.79 Å². The number of aromatic nitrogens is 3. The molecule has 1 aliphatic heterocycles. The van der Waals surface area contributed by atoms with Gasteiger partial charge in [-0.15, -0.1) is 0 Å². The lowest BCUT2D eigenvalue weighted by Crippen LogP contribution is -2.36. The monoisotopic (exact) mass is 405 g/mol. The fraction of sp³-hybridized carbons (Fsp3) is 0.348. The number of aryl methyl sites for hydroxylation is 2. The lowest BCUT2D eigenvalue weighted by Gasteiger charge is -2.28. The predicted molar refractivity (Wildman–Crippen MR) is 118 cm³/mol. The molecule has 7 heteroatoms. The van der Waals surface area contributed by atoms with Gasteiger partial charge >= 0.3 is 0 Å². The predicted octanol–water partition coefficient (Wildman–Crippen LogP) is 3.29. The minimum Gasteiger partial charge on any atom is -0.378 e. The molecular formula is C23H27N5O2. The Morgan fingerprint density at radius 1 is 1.17 bits per heavy atom. The molecule has 0 aliphatic carbocycles. The van der Waals surface area contributed by atoms with Gasteiger partial charge < -0.3 is 19.5 Å². The standard InChI is InChI=1S/C23H27N5O2/c1-3-18-6-4-5-17(2)22(18)26-21(29)16-28-10-9-25-23(28)19-7-8-24-20(15-19)27-11-13-30-14-12-27/h4-10,15H,3,11-14,16H2,1-2H3,(H,26,29). The molecular weight excluding hydrogens is 378 g/mol. The van der Waals surface area contributed by atoms with E-state index in [9.17, 15) is 4.79 Å². The van der Waals surface area contributed by atoms with E-state index in [0.717, 1.165) is 53.5 Å². The summed E-state index contributed by atoms with van der Waals surface area (Å²) in [7, 11) is 0. The molecule has 1 aliphatic rings. The van der Waals surface area contributed by atoms with E-state index in [0.29, 0.717) is 13.2 Å². The number of rotatable bonds is 6. The van der Waals surface area contributed by atoms with Crippen molar-refractivity contribution in [3.8, 4) is 11.4 Å². The summed E-state index contributed by atoms with van der Waals surface area (Å²) in [5.74, 6) is 1.59. The van der Waals surface area contributed by atoms with E-state index >= 15 is 0 Å². The number of para-hydroxylation sites is 1. The molecule has 1 N–H and O–H groups in total. The van der Waals surface area contributed by atoms with Crippen molar-refractivity contribution >= 4 is 17.4 Å². The number of pyridine rings is 1. The van der Waals surface area contributed by atoms with Crippen LogP contribution in [0.5, 0.6) is 0 Å². The van der Waals surface area contributed by atoms with Crippen molar-refractivity contribution in [1.82, 2.24) is 14.5 Å². The van der Waals surface area contributed by atoms with Gasteiger partial charge in [-0.25, -0.2) is 9.97 Å². The van der Waals surface area contributed by atoms with E-state index in [1.807, 2.05) is 42.0 Å². The zero-order chi connectivity index (χ0) is 20.9. The maximum absolute atomic E-state index is 12.8. The zero-order valence-corrected chi connectivity index (χ0v) is 17.5. The fourth-order valence-corrected chi connectivity index (χ4v) is 3.76. The molecule has 0 atom stereocenters. The average molecular weight is 406 g/mol. The highest BCUT2D eigenvalue weighted by Crippen LogP contribution is 2.24. The normalized spacial score (nSPS) is 14.0. The molecule has 1 amide bonds. The summed E-state index contributed by atoms with van der Waals surface area (Å²) in [6, 6.07) is 10.0. The van der Waals surface area contributed by atoms with Crippen LogP contribution in [0.1, 0.15) is 18.1 Å². The summed E-state index contributed by atoms with van der Waals surface area (Å²) in [5.41, 5.74) is 4.05. The summed E-state index contributed by atoms with van der Waals surface area (Å²) in [4.78, 5) is 24.0. The van der Waals surface area contributed by atoms with Crippen LogP contribution < -0.4 is 10.2 Å². The van der Waals surface area contributed by atoms with E-state index in [1.54, 1.807) is 12.4 Å². The Hall–Kier alpha value is -3.19. The molecule has 0 bridgehead atoms. The molecule has 1 fully saturated rings. The second-order valence-electron chi connectivity index (χ2n) is 7.39. The number of imidazole rings is 1. The minimum absolute atomic E-state index is 0.0688. The van der Waals surface area contributed by atoms with Crippen LogP contribution in [-0.4, -0.2) is 46.7 Å². The Morgan fingerprint density at radius 3 is 2.80 bits per heavy atom. The molecule has 7 nitrogen and oxygen atoms in total. The van der Waals surface area contributed by atoms with E-state index in [4.69, 9.17) is 4.74 Å². The number of carbonyl (C=O) groups is 1. The quantitative estimate of drug-likeness (QED) is 0.681. The summed E-state index contributed by atoms with van der Waals surface area (Å²) in [6.07, 6.45) is 6.22. The van der Waals surface area contributed by atoms with Gasteiger partial charge in [0.2, 0.25) is 5.91 Å². The van der Waals surface area contributed by atoms with Crippen molar-refractivity contribution in [3.05, 3.63) is 60.0 Å². The molecule has 0 radical (unpaired) electrons. The zero-order valence-electron chi connectivity index (χ0n) is 17.5. The maximum Gasteiger partial charge on any atom is 0.244 e. The molecule has 30 heavy (non-hydrogen) atoms. The molecule has 3 aromatic rings. The van der Waals surface area contributed by atoms with Crippen molar-refractivity contribution < 1.29 is 9.53 Å². The number of amides is 1. The smallest absolute Gasteiger partial charge is 0.244 e. The third-order valence-corrected chi connectivity index (χ3v) is 5.37. The third-order valence-electron chi connectivity index (χ3n) is 5.37. The molecule has 1 saturated heterocycles. The van der Waals surface area contributed by atoms with Crippen LogP contribution in [0.25, 0.3) is 11.4 Å². The van der Waals surface area contributed by atoms with Gasteiger partial charge in [-0.1, -0.05) is 25.1 Å². The number of hydrogen-bond acceptors (Lipinski definition) is 5. The summed E-state index contributed by atoms with van der Waals surface area (Å²) >= 11 is 0. The van der Waals surface area contributed by atoms with E-state index in [-0.39, 0.29) is 12.5 Å². The van der Waals surface area contributed by atoms with Crippen LogP contribution in [0.15, 0.2) is 48.9 Å². The van der Waals surface area contributed by atoms with Gasteiger partial charge in [0, 0.05) is 42.9 Å². The van der Waals surface area contributed by atoms with Gasteiger partial charge in [0.25, 0.3) is 0 Å². The number of morpholine rings is 1. The summed E-state index contributed by atoms with van der Waals surface area (Å²) in [6.45, 7) is 7.36. The topological polar surface area (TPSA) is 72.3 Å². The molecule has 3 heterocycles. The van der Waals surface area contributed by atoms with Crippen LogP contribution in [-0.2, 0) is 22.5 Å². The SMILES string of the molecule is CCc1cccc(C)c1NC(=O)Cn1ccnc1-c1ccnc(N2CCOCC2)c1. The number of ether oxygens (including phenoxy) is 1. The van der Waals surface area contributed by atoms with Crippen LogP contribution in [0.4, 0.5) is 11.5 Å². The van der Waals surface area contributed by atoms with Gasteiger partial charge in [0.1, 0.15) is 18.2 Å². The second kappa shape index (κ2) is 9.09. The summed E-state index contributed by atoms with van der Waals surface area (Å²) < 4.78 is 7.30. The largest absolute Gasteiger partial charge is 0.378 e. The molecule has 4 rings (SSSR count). The molecule has 0 spiro atoms. The minimum atomic E-state index is -0.0688. The average Bonchev–Trinajstić information content (AvgIpc) is 3.24. The number of nitrogens with zero attached hydrogens (tertiary/aromatic N) is 4. The molecule has 0 saturated carbocycles. The van der Waals surface area contributed by atoms with E-state index < -0.39 is 0 Å². The highest BCUT2D eigenvalue weighted by Gasteiger charge is 2.16. The Labute approximate surface area is 176 Å². The highest BCUT2D eigenvalue weighted by molar-refractivity contribution is 5.92. The first kappa shape index (κ1) is 20.1. The first-order chi connectivity index (χ1) is 14.7. The Balaban J connectivity index is 1.52. The number of benzene rings is 1. The number of carbonyl (C=O) groups excluding carboxylic acids is 1. The molecule has 2 aromatic heterocycles. The Morgan fingerprint density at radius 2 is 2.00 bits per heavy atom. The molecule has 1 aromatic carbocycles. The van der Waals surface area contributed by atoms with Gasteiger partial charge in [0.05, 0.1) is 13.2 Å². The van der Waals surface area contributed by atoms with Gasteiger partial charge in [-0.05, 0) is 36.6 Å².